The minimum absolute atomic E-state index is 0.168. The van der Waals surface area contributed by atoms with Gasteiger partial charge in [-0.05, 0) is 70.8 Å². The van der Waals surface area contributed by atoms with E-state index in [0.29, 0.717) is 26.4 Å². The molecule has 0 saturated heterocycles. The average molecular weight is 521 g/mol. The van der Waals surface area contributed by atoms with E-state index in [1.807, 2.05) is 84.9 Å². The van der Waals surface area contributed by atoms with Gasteiger partial charge in [-0.15, -0.1) is 0 Å². The molecule has 4 nitrogen and oxygen atoms in total. The largest absolute Gasteiger partial charge is 0.490 e. The lowest BCUT2D eigenvalue weighted by atomic mass is 9.78. The van der Waals surface area contributed by atoms with E-state index < -0.39 is 0 Å². The Labute approximate surface area is 232 Å². The molecular weight excluding hydrogens is 484 g/mol. The maximum atomic E-state index is 5.88. The zero-order valence-electron chi connectivity index (χ0n) is 22.8. The van der Waals surface area contributed by atoms with Gasteiger partial charge in [0, 0.05) is 5.41 Å². The quantitative estimate of drug-likeness (QED) is 0.157. The van der Waals surface area contributed by atoms with Crippen molar-refractivity contribution in [1.82, 2.24) is 0 Å². The summed E-state index contributed by atoms with van der Waals surface area (Å²) in [5.74, 6) is 3.28. The van der Waals surface area contributed by atoms with Crippen molar-refractivity contribution in [2.75, 3.05) is 26.4 Å². The van der Waals surface area contributed by atoms with E-state index in [0.717, 1.165) is 34.1 Å². The fourth-order valence-electron chi connectivity index (χ4n) is 4.14. The second-order valence-corrected chi connectivity index (χ2v) is 9.61. The summed E-state index contributed by atoms with van der Waals surface area (Å²) in [6.07, 6.45) is 3.62. The molecule has 4 heteroatoms. The molecule has 0 aliphatic rings. The third-order valence-electron chi connectivity index (χ3n) is 6.63. The van der Waals surface area contributed by atoms with Crippen molar-refractivity contribution in [1.29, 1.82) is 0 Å². The standard InChI is InChI=1S/C35H36O4/c1-5-27-7-15-31(16-8-27)36-23-25-38-33-19-11-29(12-20-33)35(3,4)30-13-21-34(22-14-30)39-26-24-37-32-17-9-28(6-2)10-18-32/h5-22H,1-2,23-26H2,3-4H3. The Morgan fingerprint density at radius 1 is 0.462 bits per heavy atom. The molecule has 0 aromatic heterocycles. The van der Waals surface area contributed by atoms with Gasteiger partial charge >= 0.3 is 0 Å². The first-order valence-corrected chi connectivity index (χ1v) is 13.2. The zero-order valence-corrected chi connectivity index (χ0v) is 22.8. The van der Waals surface area contributed by atoms with Crippen molar-refractivity contribution in [2.45, 2.75) is 19.3 Å². The Kier molecular flexibility index (Phi) is 9.47. The molecule has 200 valence electrons. The van der Waals surface area contributed by atoms with Crippen LogP contribution in [0.25, 0.3) is 12.2 Å². The van der Waals surface area contributed by atoms with E-state index in [2.05, 4.69) is 51.3 Å². The van der Waals surface area contributed by atoms with Crippen LogP contribution >= 0.6 is 0 Å². The molecule has 0 saturated carbocycles. The second-order valence-electron chi connectivity index (χ2n) is 9.61. The lowest BCUT2D eigenvalue weighted by molar-refractivity contribution is 0.217. The molecule has 0 fully saturated rings. The van der Waals surface area contributed by atoms with Crippen LogP contribution in [-0.4, -0.2) is 26.4 Å². The molecule has 0 heterocycles. The molecule has 4 aromatic rings. The van der Waals surface area contributed by atoms with Crippen LogP contribution in [0.2, 0.25) is 0 Å². The number of benzene rings is 4. The molecule has 0 aliphatic heterocycles. The summed E-state index contributed by atoms with van der Waals surface area (Å²) < 4.78 is 23.3. The van der Waals surface area contributed by atoms with Gasteiger partial charge in [0.15, 0.2) is 0 Å². The van der Waals surface area contributed by atoms with Crippen LogP contribution in [0.15, 0.2) is 110 Å². The van der Waals surface area contributed by atoms with Crippen molar-refractivity contribution in [3.8, 4) is 23.0 Å². The van der Waals surface area contributed by atoms with Gasteiger partial charge in [-0.3, -0.25) is 0 Å². The normalized spacial score (nSPS) is 10.9. The van der Waals surface area contributed by atoms with Gasteiger partial charge in [-0.1, -0.05) is 87.7 Å². The predicted octanol–water partition coefficient (Wildman–Crippen LogP) is 8.21. The van der Waals surface area contributed by atoms with Crippen molar-refractivity contribution in [3.63, 3.8) is 0 Å². The Bertz CT molecular complexity index is 1210. The molecule has 0 unspecified atom stereocenters. The van der Waals surface area contributed by atoms with Gasteiger partial charge in [0.2, 0.25) is 0 Å². The second kappa shape index (κ2) is 13.4. The van der Waals surface area contributed by atoms with Gasteiger partial charge in [0.1, 0.15) is 49.4 Å². The summed E-state index contributed by atoms with van der Waals surface area (Å²) in [5.41, 5.74) is 4.38. The highest BCUT2D eigenvalue weighted by Gasteiger charge is 2.23. The number of hydrogen-bond donors (Lipinski definition) is 0. The highest BCUT2D eigenvalue weighted by atomic mass is 16.5. The summed E-state index contributed by atoms with van der Waals surface area (Å²) in [5, 5.41) is 0. The topological polar surface area (TPSA) is 36.9 Å². The summed E-state index contributed by atoms with van der Waals surface area (Å²) in [6.45, 7) is 13.9. The Morgan fingerprint density at radius 2 is 0.718 bits per heavy atom. The van der Waals surface area contributed by atoms with E-state index in [-0.39, 0.29) is 5.41 Å². The minimum Gasteiger partial charge on any atom is -0.490 e. The molecule has 0 N–H and O–H groups in total. The lowest BCUT2D eigenvalue weighted by Gasteiger charge is -2.26. The molecule has 39 heavy (non-hydrogen) atoms. The Balaban J connectivity index is 1.22. The highest BCUT2D eigenvalue weighted by Crippen LogP contribution is 2.33. The van der Waals surface area contributed by atoms with Crippen molar-refractivity contribution >= 4 is 12.2 Å². The van der Waals surface area contributed by atoms with Crippen LogP contribution in [0, 0.1) is 0 Å². The lowest BCUT2D eigenvalue weighted by Crippen LogP contribution is -2.19. The number of rotatable bonds is 14. The molecule has 0 bridgehead atoms. The summed E-state index contributed by atoms with van der Waals surface area (Å²) >= 11 is 0. The molecule has 4 rings (SSSR count). The van der Waals surface area contributed by atoms with Gasteiger partial charge in [0.05, 0.1) is 0 Å². The van der Waals surface area contributed by atoms with Crippen LogP contribution in [0.1, 0.15) is 36.1 Å². The van der Waals surface area contributed by atoms with E-state index in [1.165, 1.54) is 11.1 Å². The van der Waals surface area contributed by atoms with E-state index in [1.54, 1.807) is 0 Å². The fraction of sp³-hybridized carbons (Fsp3) is 0.200. The smallest absolute Gasteiger partial charge is 0.122 e. The fourth-order valence-corrected chi connectivity index (χ4v) is 4.14. The molecule has 0 spiro atoms. The first-order chi connectivity index (χ1) is 19.0. The number of ether oxygens (including phenoxy) is 4. The van der Waals surface area contributed by atoms with Crippen LogP contribution in [-0.2, 0) is 5.41 Å². The van der Waals surface area contributed by atoms with E-state index in [4.69, 9.17) is 18.9 Å². The van der Waals surface area contributed by atoms with Gasteiger partial charge < -0.3 is 18.9 Å². The maximum Gasteiger partial charge on any atom is 0.122 e. The van der Waals surface area contributed by atoms with Crippen LogP contribution < -0.4 is 18.9 Å². The maximum absolute atomic E-state index is 5.88. The Morgan fingerprint density at radius 3 is 0.974 bits per heavy atom. The monoisotopic (exact) mass is 520 g/mol. The molecule has 0 aliphatic carbocycles. The average Bonchev–Trinajstić information content (AvgIpc) is 2.98. The molecule has 0 radical (unpaired) electrons. The van der Waals surface area contributed by atoms with E-state index >= 15 is 0 Å². The highest BCUT2D eigenvalue weighted by molar-refractivity contribution is 5.49. The minimum atomic E-state index is -0.168. The number of hydrogen-bond acceptors (Lipinski definition) is 4. The predicted molar refractivity (Wildman–Crippen MR) is 160 cm³/mol. The molecule has 0 amide bonds. The van der Waals surface area contributed by atoms with Gasteiger partial charge in [0.25, 0.3) is 0 Å². The van der Waals surface area contributed by atoms with Crippen LogP contribution in [0.5, 0.6) is 23.0 Å². The summed E-state index contributed by atoms with van der Waals surface area (Å²) in [6, 6.07) is 32.2. The zero-order chi connectivity index (χ0) is 27.5. The van der Waals surface area contributed by atoms with E-state index in [9.17, 15) is 0 Å². The van der Waals surface area contributed by atoms with Crippen molar-refractivity contribution in [3.05, 3.63) is 132 Å². The van der Waals surface area contributed by atoms with Crippen LogP contribution in [0.3, 0.4) is 0 Å². The molecular formula is C35H36O4. The first kappa shape index (κ1) is 27.6. The van der Waals surface area contributed by atoms with Gasteiger partial charge in [-0.2, -0.15) is 0 Å². The van der Waals surface area contributed by atoms with Crippen molar-refractivity contribution < 1.29 is 18.9 Å². The third kappa shape index (κ3) is 7.78. The summed E-state index contributed by atoms with van der Waals surface area (Å²) in [7, 11) is 0. The molecule has 4 aromatic carbocycles. The third-order valence-corrected chi connectivity index (χ3v) is 6.63. The van der Waals surface area contributed by atoms with Gasteiger partial charge in [-0.25, -0.2) is 0 Å². The summed E-state index contributed by atoms with van der Waals surface area (Å²) in [4.78, 5) is 0. The first-order valence-electron chi connectivity index (χ1n) is 13.2. The Hall–Kier alpha value is -4.44. The van der Waals surface area contributed by atoms with Crippen LogP contribution in [0.4, 0.5) is 0 Å². The molecule has 0 atom stereocenters. The SMILES string of the molecule is C=Cc1ccc(OCCOc2ccc(C(C)(C)c3ccc(OCCOc4ccc(C=C)cc4)cc3)cc2)cc1. The van der Waals surface area contributed by atoms with Crippen molar-refractivity contribution in [2.24, 2.45) is 0 Å².